The number of ether oxygens (including phenoxy) is 1. The number of amides is 2. The lowest BCUT2D eigenvalue weighted by Crippen LogP contribution is -2.46. The summed E-state index contributed by atoms with van der Waals surface area (Å²) in [5.41, 5.74) is 1.30. The highest BCUT2D eigenvalue weighted by Crippen LogP contribution is 2.15. The average Bonchev–Trinajstić information content (AvgIpc) is 2.89. The fraction of sp³-hybridized carbons (Fsp3) is 0.619. The van der Waals surface area contributed by atoms with Crippen LogP contribution in [0, 0.1) is 0 Å². The van der Waals surface area contributed by atoms with E-state index in [4.69, 9.17) is 4.74 Å². The standard InChI is InChI=1S/C21H30N2O3/c24-20-9-5-2-6-13-22(20)14-12-21(25)23-15-16-26-19(17-23)11-10-18-7-3-1-4-8-18/h1,3-4,7-8,19H,2,5-6,9-17H2/t19-/m0/s1. The van der Waals surface area contributed by atoms with Gasteiger partial charge in [-0.2, -0.15) is 0 Å². The smallest absolute Gasteiger partial charge is 0.224 e. The molecule has 2 heterocycles. The first-order valence-corrected chi connectivity index (χ1v) is 9.93. The Morgan fingerprint density at radius 2 is 1.96 bits per heavy atom. The topological polar surface area (TPSA) is 49.9 Å². The van der Waals surface area contributed by atoms with Crippen molar-refractivity contribution >= 4 is 11.8 Å². The predicted octanol–water partition coefficient (Wildman–Crippen LogP) is 2.64. The quantitative estimate of drug-likeness (QED) is 0.785. The molecule has 3 rings (SSSR count). The van der Waals surface area contributed by atoms with E-state index in [1.807, 2.05) is 15.9 Å². The Balaban J connectivity index is 1.43. The summed E-state index contributed by atoms with van der Waals surface area (Å²) in [5.74, 6) is 0.355. The number of aryl methyl sites for hydroxylation is 1. The van der Waals surface area contributed by atoms with Crippen molar-refractivity contribution in [3.63, 3.8) is 0 Å². The average molecular weight is 358 g/mol. The van der Waals surface area contributed by atoms with Crippen LogP contribution >= 0.6 is 0 Å². The summed E-state index contributed by atoms with van der Waals surface area (Å²) in [7, 11) is 0. The Hall–Kier alpha value is -1.88. The monoisotopic (exact) mass is 358 g/mol. The van der Waals surface area contributed by atoms with Crippen LogP contribution in [0.25, 0.3) is 0 Å². The van der Waals surface area contributed by atoms with Crippen LogP contribution in [0.2, 0.25) is 0 Å². The molecule has 5 heteroatoms. The first kappa shape index (κ1) is 18.9. The molecule has 2 aliphatic rings. The third-order valence-electron chi connectivity index (χ3n) is 5.36. The Morgan fingerprint density at radius 3 is 2.81 bits per heavy atom. The Bertz CT molecular complexity index is 590. The first-order valence-electron chi connectivity index (χ1n) is 9.93. The maximum atomic E-state index is 12.6. The summed E-state index contributed by atoms with van der Waals surface area (Å²) in [6.45, 7) is 3.29. The summed E-state index contributed by atoms with van der Waals surface area (Å²) in [6, 6.07) is 10.4. The molecule has 1 aromatic carbocycles. The van der Waals surface area contributed by atoms with Gasteiger partial charge >= 0.3 is 0 Å². The highest BCUT2D eigenvalue weighted by Gasteiger charge is 2.25. The second-order valence-electron chi connectivity index (χ2n) is 7.30. The molecule has 0 unspecified atom stereocenters. The molecule has 2 saturated heterocycles. The van der Waals surface area contributed by atoms with Gasteiger partial charge in [-0.15, -0.1) is 0 Å². The van der Waals surface area contributed by atoms with E-state index >= 15 is 0 Å². The molecule has 2 amide bonds. The van der Waals surface area contributed by atoms with Gasteiger partial charge in [0.2, 0.25) is 11.8 Å². The van der Waals surface area contributed by atoms with Crippen LogP contribution in [0.3, 0.4) is 0 Å². The molecule has 0 N–H and O–H groups in total. The second kappa shape index (κ2) is 9.72. The third kappa shape index (κ3) is 5.56. The molecule has 0 bridgehead atoms. The van der Waals surface area contributed by atoms with Crippen LogP contribution < -0.4 is 0 Å². The molecular formula is C21H30N2O3. The lowest BCUT2D eigenvalue weighted by molar-refractivity contribution is -0.140. The first-order chi connectivity index (χ1) is 12.7. The third-order valence-corrected chi connectivity index (χ3v) is 5.36. The summed E-state index contributed by atoms with van der Waals surface area (Å²) >= 11 is 0. The minimum atomic E-state index is 0.104. The van der Waals surface area contributed by atoms with Gasteiger partial charge in [0.15, 0.2) is 0 Å². The molecular weight excluding hydrogens is 328 g/mol. The maximum Gasteiger partial charge on any atom is 0.224 e. The van der Waals surface area contributed by atoms with Gasteiger partial charge in [0, 0.05) is 39.0 Å². The number of likely N-dealkylation sites (tertiary alicyclic amines) is 1. The van der Waals surface area contributed by atoms with E-state index in [1.165, 1.54) is 5.56 Å². The van der Waals surface area contributed by atoms with E-state index in [2.05, 4.69) is 24.3 Å². The zero-order valence-corrected chi connectivity index (χ0v) is 15.6. The summed E-state index contributed by atoms with van der Waals surface area (Å²) in [5, 5.41) is 0. The molecule has 0 spiro atoms. The van der Waals surface area contributed by atoms with Crippen molar-refractivity contribution in [2.24, 2.45) is 0 Å². The number of rotatable bonds is 6. The van der Waals surface area contributed by atoms with E-state index in [9.17, 15) is 9.59 Å². The largest absolute Gasteiger partial charge is 0.375 e. The van der Waals surface area contributed by atoms with E-state index in [1.54, 1.807) is 0 Å². The van der Waals surface area contributed by atoms with E-state index < -0.39 is 0 Å². The van der Waals surface area contributed by atoms with Crippen molar-refractivity contribution in [3.05, 3.63) is 35.9 Å². The SMILES string of the molecule is O=C1CCCCCN1CCC(=O)N1CCO[C@@H](CCc2ccccc2)C1. The highest BCUT2D eigenvalue weighted by molar-refractivity contribution is 5.79. The number of hydrogen-bond donors (Lipinski definition) is 0. The lowest BCUT2D eigenvalue weighted by atomic mass is 10.1. The van der Waals surface area contributed by atoms with Crippen molar-refractivity contribution in [1.29, 1.82) is 0 Å². The molecule has 26 heavy (non-hydrogen) atoms. The fourth-order valence-corrected chi connectivity index (χ4v) is 3.76. The lowest BCUT2D eigenvalue weighted by Gasteiger charge is -2.33. The van der Waals surface area contributed by atoms with Crippen molar-refractivity contribution in [2.45, 2.75) is 51.0 Å². The molecule has 1 aromatic rings. The van der Waals surface area contributed by atoms with Gasteiger partial charge < -0.3 is 14.5 Å². The molecule has 0 aromatic heterocycles. The van der Waals surface area contributed by atoms with Gasteiger partial charge in [0.25, 0.3) is 0 Å². The van der Waals surface area contributed by atoms with Crippen LogP contribution in [0.5, 0.6) is 0 Å². The summed E-state index contributed by atoms with van der Waals surface area (Å²) < 4.78 is 5.85. The molecule has 2 fully saturated rings. The van der Waals surface area contributed by atoms with Crippen molar-refractivity contribution in [1.82, 2.24) is 9.80 Å². The molecule has 5 nitrogen and oxygen atoms in total. The maximum absolute atomic E-state index is 12.6. The van der Waals surface area contributed by atoms with Gasteiger partial charge in [0.05, 0.1) is 12.7 Å². The number of nitrogens with zero attached hydrogens (tertiary/aromatic N) is 2. The van der Waals surface area contributed by atoms with E-state index in [0.29, 0.717) is 39.1 Å². The van der Waals surface area contributed by atoms with Crippen molar-refractivity contribution < 1.29 is 14.3 Å². The number of hydrogen-bond acceptors (Lipinski definition) is 3. The van der Waals surface area contributed by atoms with Gasteiger partial charge in [0.1, 0.15) is 0 Å². The number of carbonyl (C=O) groups is 2. The molecule has 1 atom stereocenters. The van der Waals surface area contributed by atoms with Gasteiger partial charge in [-0.3, -0.25) is 9.59 Å². The second-order valence-corrected chi connectivity index (χ2v) is 7.30. The van der Waals surface area contributed by atoms with Crippen LogP contribution in [0.1, 0.15) is 44.1 Å². The van der Waals surface area contributed by atoms with Gasteiger partial charge in [-0.05, 0) is 31.2 Å². The van der Waals surface area contributed by atoms with E-state index in [-0.39, 0.29) is 17.9 Å². The Labute approximate surface area is 156 Å². The van der Waals surface area contributed by atoms with Crippen molar-refractivity contribution in [3.8, 4) is 0 Å². The fourth-order valence-electron chi connectivity index (χ4n) is 3.76. The number of benzene rings is 1. The highest BCUT2D eigenvalue weighted by atomic mass is 16.5. The van der Waals surface area contributed by atoms with Crippen LogP contribution in [0.15, 0.2) is 30.3 Å². The molecule has 2 aliphatic heterocycles. The van der Waals surface area contributed by atoms with Crippen LogP contribution in [-0.2, 0) is 20.7 Å². The molecule has 0 aliphatic carbocycles. The molecule has 0 radical (unpaired) electrons. The summed E-state index contributed by atoms with van der Waals surface area (Å²) in [6.07, 6.45) is 6.21. The number of carbonyl (C=O) groups excluding carboxylic acids is 2. The zero-order chi connectivity index (χ0) is 18.2. The predicted molar refractivity (Wildman–Crippen MR) is 101 cm³/mol. The molecule has 0 saturated carbocycles. The zero-order valence-electron chi connectivity index (χ0n) is 15.6. The Morgan fingerprint density at radius 1 is 1.12 bits per heavy atom. The summed E-state index contributed by atoms with van der Waals surface area (Å²) in [4.78, 5) is 28.4. The van der Waals surface area contributed by atoms with Crippen LogP contribution in [-0.4, -0.2) is 60.5 Å². The van der Waals surface area contributed by atoms with Gasteiger partial charge in [-0.1, -0.05) is 36.8 Å². The van der Waals surface area contributed by atoms with Crippen LogP contribution in [0.4, 0.5) is 0 Å². The number of morpholine rings is 1. The van der Waals surface area contributed by atoms with Crippen molar-refractivity contribution in [2.75, 3.05) is 32.8 Å². The Kier molecular flexibility index (Phi) is 7.06. The van der Waals surface area contributed by atoms with E-state index in [0.717, 1.165) is 38.6 Å². The minimum absolute atomic E-state index is 0.104. The minimum Gasteiger partial charge on any atom is -0.375 e. The molecule has 142 valence electrons. The van der Waals surface area contributed by atoms with Gasteiger partial charge in [-0.25, -0.2) is 0 Å². The normalized spacial score (nSPS) is 21.5.